The second-order valence-electron chi connectivity index (χ2n) is 6.65. The van der Waals surface area contributed by atoms with E-state index in [-0.39, 0.29) is 30.4 Å². The van der Waals surface area contributed by atoms with Crippen molar-refractivity contribution in [3.8, 4) is 0 Å². The molecule has 1 atom stereocenters. The average Bonchev–Trinajstić information content (AvgIpc) is 2.54. The van der Waals surface area contributed by atoms with Crippen LogP contribution < -0.4 is 0 Å². The van der Waals surface area contributed by atoms with Crippen LogP contribution in [0.5, 0.6) is 0 Å². The fraction of sp³-hybridized carbons (Fsp3) is 0.812. The maximum Gasteiger partial charge on any atom is 0.486 e. The van der Waals surface area contributed by atoms with Gasteiger partial charge in [-0.15, -0.1) is 0 Å². The molecule has 1 unspecified atom stereocenters. The summed E-state index contributed by atoms with van der Waals surface area (Å²) in [6, 6.07) is 0. The van der Waals surface area contributed by atoms with Gasteiger partial charge in [-0.25, -0.2) is 0 Å². The molecule has 21 heavy (non-hydrogen) atoms. The van der Waals surface area contributed by atoms with Crippen LogP contribution in [0.4, 0.5) is 0 Å². The number of carbonyl (C=O) groups excluding carboxylic acids is 1. The van der Waals surface area contributed by atoms with Gasteiger partial charge in [-0.2, -0.15) is 0 Å². The molecular formula is C16H29BO4. The lowest BCUT2D eigenvalue weighted by molar-refractivity contribution is -0.144. The monoisotopic (exact) mass is 296 g/mol. The predicted octanol–water partition coefficient (Wildman–Crippen LogP) is 3.69. The van der Waals surface area contributed by atoms with Crippen molar-refractivity contribution >= 4 is 13.1 Å². The highest BCUT2D eigenvalue weighted by molar-refractivity contribution is 6.51. The van der Waals surface area contributed by atoms with Crippen molar-refractivity contribution in [2.75, 3.05) is 0 Å². The largest absolute Gasteiger partial charge is 0.486 e. The van der Waals surface area contributed by atoms with Gasteiger partial charge in [-0.05, 0) is 40.5 Å². The van der Waals surface area contributed by atoms with E-state index in [1.807, 2.05) is 39.7 Å². The van der Waals surface area contributed by atoms with E-state index in [0.717, 1.165) is 25.7 Å². The van der Waals surface area contributed by atoms with Crippen LogP contribution in [0.1, 0.15) is 67.2 Å². The lowest BCUT2D eigenvalue weighted by Gasteiger charge is -2.32. The molecule has 1 saturated heterocycles. The Bertz CT molecular complexity index is 360. The summed E-state index contributed by atoms with van der Waals surface area (Å²) in [6.45, 7) is 11.7. The molecule has 0 aromatic rings. The summed E-state index contributed by atoms with van der Waals surface area (Å²) in [5.41, 5.74) is -0.692. The lowest BCUT2D eigenvalue weighted by atomic mass is 9.89. The van der Waals surface area contributed by atoms with E-state index in [9.17, 15) is 4.79 Å². The van der Waals surface area contributed by atoms with Crippen LogP contribution in [0.15, 0.2) is 12.1 Å². The Kier molecular flexibility index (Phi) is 6.48. The molecule has 0 radical (unpaired) electrons. The first-order valence-corrected chi connectivity index (χ1v) is 7.89. The molecule has 1 heterocycles. The van der Waals surface area contributed by atoms with Crippen LogP contribution in [0.25, 0.3) is 0 Å². The summed E-state index contributed by atoms with van der Waals surface area (Å²) in [6.07, 6.45) is 5.86. The molecule has 5 heteroatoms. The molecule has 0 aliphatic carbocycles. The Morgan fingerprint density at radius 2 is 1.76 bits per heavy atom. The van der Waals surface area contributed by atoms with E-state index in [1.165, 1.54) is 6.92 Å². The normalized spacial score (nSPS) is 21.7. The van der Waals surface area contributed by atoms with E-state index in [1.54, 1.807) is 0 Å². The molecular weight excluding hydrogens is 267 g/mol. The Morgan fingerprint density at radius 1 is 1.19 bits per heavy atom. The highest BCUT2D eigenvalue weighted by Crippen LogP contribution is 2.36. The van der Waals surface area contributed by atoms with Crippen molar-refractivity contribution in [2.45, 2.75) is 84.5 Å². The molecule has 120 valence electrons. The molecule has 0 bridgehead atoms. The summed E-state index contributed by atoms with van der Waals surface area (Å²) in [5.74, 6) is 1.60. The number of esters is 1. The third kappa shape index (κ3) is 5.48. The minimum atomic E-state index is -0.390. The third-order valence-corrected chi connectivity index (χ3v) is 4.16. The van der Waals surface area contributed by atoms with Gasteiger partial charge >= 0.3 is 13.1 Å². The van der Waals surface area contributed by atoms with E-state index in [2.05, 4.69) is 6.92 Å². The number of ether oxygens (including phenoxy) is 1. The Labute approximate surface area is 129 Å². The Morgan fingerprint density at radius 3 is 2.24 bits per heavy atom. The number of hydrogen-bond acceptors (Lipinski definition) is 4. The van der Waals surface area contributed by atoms with Gasteiger partial charge in [0.2, 0.25) is 0 Å². The SMILES string of the molecule is CCCCCC(/C=C/B1OC(C)(C)C(C)(C)O1)OC(C)=O. The second-order valence-corrected chi connectivity index (χ2v) is 6.65. The van der Waals surface area contributed by atoms with Crippen LogP contribution in [-0.2, 0) is 18.8 Å². The van der Waals surface area contributed by atoms with Crippen molar-refractivity contribution in [3.05, 3.63) is 12.1 Å². The fourth-order valence-electron chi connectivity index (χ4n) is 2.18. The predicted molar refractivity (Wildman–Crippen MR) is 84.9 cm³/mol. The van der Waals surface area contributed by atoms with Crippen molar-refractivity contribution in [3.63, 3.8) is 0 Å². The quantitative estimate of drug-likeness (QED) is 0.408. The van der Waals surface area contributed by atoms with Crippen LogP contribution in [0.3, 0.4) is 0 Å². The van der Waals surface area contributed by atoms with Crippen LogP contribution in [-0.4, -0.2) is 30.4 Å². The molecule has 0 aromatic heterocycles. The highest BCUT2D eigenvalue weighted by atomic mass is 16.7. The van der Waals surface area contributed by atoms with Gasteiger partial charge in [-0.3, -0.25) is 4.79 Å². The maximum atomic E-state index is 11.2. The van der Waals surface area contributed by atoms with Gasteiger partial charge < -0.3 is 14.0 Å². The zero-order valence-electron chi connectivity index (χ0n) is 14.3. The summed E-state index contributed by atoms with van der Waals surface area (Å²) in [5, 5.41) is 0. The number of carbonyl (C=O) groups is 1. The molecule has 0 N–H and O–H groups in total. The number of rotatable bonds is 7. The van der Waals surface area contributed by atoms with Gasteiger partial charge in [-0.1, -0.05) is 31.8 Å². The molecule has 0 amide bonds. The first kappa shape index (κ1) is 18.2. The third-order valence-electron chi connectivity index (χ3n) is 4.16. The lowest BCUT2D eigenvalue weighted by Crippen LogP contribution is -2.41. The first-order chi connectivity index (χ1) is 9.68. The number of unbranched alkanes of at least 4 members (excludes halogenated alkanes) is 2. The van der Waals surface area contributed by atoms with E-state index in [0.29, 0.717) is 0 Å². The van der Waals surface area contributed by atoms with Crippen LogP contribution >= 0.6 is 0 Å². The zero-order chi connectivity index (χ0) is 16.1. The minimum Gasteiger partial charge on any atom is -0.458 e. The Hall–Kier alpha value is -0.805. The van der Waals surface area contributed by atoms with Crippen LogP contribution in [0, 0.1) is 0 Å². The molecule has 1 aliphatic heterocycles. The molecule has 1 fully saturated rings. The topological polar surface area (TPSA) is 44.8 Å². The molecule has 0 saturated carbocycles. The van der Waals surface area contributed by atoms with E-state index in [4.69, 9.17) is 14.0 Å². The van der Waals surface area contributed by atoms with Gasteiger partial charge in [0.25, 0.3) is 0 Å². The van der Waals surface area contributed by atoms with Crippen molar-refractivity contribution in [2.24, 2.45) is 0 Å². The molecule has 0 aromatic carbocycles. The summed E-state index contributed by atoms with van der Waals surface area (Å²) < 4.78 is 17.1. The average molecular weight is 296 g/mol. The van der Waals surface area contributed by atoms with E-state index >= 15 is 0 Å². The molecule has 1 rings (SSSR count). The van der Waals surface area contributed by atoms with Crippen LogP contribution in [0.2, 0.25) is 0 Å². The van der Waals surface area contributed by atoms with Gasteiger partial charge in [0, 0.05) is 6.92 Å². The molecule has 1 aliphatic rings. The maximum absolute atomic E-state index is 11.2. The van der Waals surface area contributed by atoms with Crippen molar-refractivity contribution in [1.82, 2.24) is 0 Å². The van der Waals surface area contributed by atoms with E-state index < -0.39 is 0 Å². The Balaban J connectivity index is 2.59. The summed E-state index contributed by atoms with van der Waals surface area (Å²) >= 11 is 0. The second kappa shape index (κ2) is 7.46. The summed E-state index contributed by atoms with van der Waals surface area (Å²) in [4.78, 5) is 11.2. The standard InChI is InChI=1S/C16H29BO4/c1-7-8-9-10-14(19-13(2)18)11-12-17-20-15(3,4)16(5,6)21-17/h11-12,14H,7-10H2,1-6H3/b12-11+. The van der Waals surface area contributed by atoms with Gasteiger partial charge in [0.05, 0.1) is 11.2 Å². The molecule has 0 spiro atoms. The zero-order valence-corrected chi connectivity index (χ0v) is 14.3. The number of hydrogen-bond donors (Lipinski definition) is 0. The minimum absolute atomic E-state index is 0.201. The van der Waals surface area contributed by atoms with Crippen molar-refractivity contribution in [1.29, 1.82) is 0 Å². The van der Waals surface area contributed by atoms with Crippen molar-refractivity contribution < 1.29 is 18.8 Å². The van der Waals surface area contributed by atoms with Gasteiger partial charge in [0.1, 0.15) is 6.10 Å². The highest BCUT2D eigenvalue weighted by Gasteiger charge is 2.50. The first-order valence-electron chi connectivity index (χ1n) is 7.89. The fourth-order valence-corrected chi connectivity index (χ4v) is 2.18. The smallest absolute Gasteiger partial charge is 0.458 e. The summed E-state index contributed by atoms with van der Waals surface area (Å²) in [7, 11) is -0.390. The van der Waals surface area contributed by atoms with Gasteiger partial charge in [0.15, 0.2) is 0 Å². The molecule has 4 nitrogen and oxygen atoms in total.